The maximum Gasteiger partial charge on any atom is 0.330 e. The zero-order valence-corrected chi connectivity index (χ0v) is 20.6. The van der Waals surface area contributed by atoms with E-state index in [9.17, 15) is 34.5 Å². The molecule has 16 heteroatoms. The number of methoxy groups -OCH3 is 1. The van der Waals surface area contributed by atoms with Crippen LogP contribution in [-0.2, 0) is 35.1 Å². The van der Waals surface area contributed by atoms with Crippen molar-refractivity contribution in [2.75, 3.05) is 7.11 Å². The Balaban J connectivity index is 1.52. The molecule has 0 bridgehead atoms. The van der Waals surface area contributed by atoms with Crippen molar-refractivity contribution in [1.82, 2.24) is 14.9 Å². The van der Waals surface area contributed by atoms with E-state index in [0.29, 0.717) is 0 Å². The second-order valence-corrected chi connectivity index (χ2v) is 9.45. The number of H-pyrrole nitrogens is 1. The summed E-state index contributed by atoms with van der Waals surface area (Å²) in [5.41, 5.74) is 3.94. The molecule has 2 aromatic rings. The predicted octanol–water partition coefficient (Wildman–Crippen LogP) is -2.98. The molecule has 0 aliphatic carbocycles. The largest absolute Gasteiger partial charge is 0.456 e. The zero-order chi connectivity index (χ0) is 27.6. The highest BCUT2D eigenvalue weighted by Crippen LogP contribution is 2.34. The summed E-state index contributed by atoms with van der Waals surface area (Å²) >= 11 is 1.42. The van der Waals surface area contributed by atoms with Crippen LogP contribution in [-0.4, -0.2) is 86.7 Å². The van der Waals surface area contributed by atoms with Gasteiger partial charge in [-0.3, -0.25) is 23.9 Å². The molecule has 0 aromatic carbocycles. The molecule has 0 saturated carbocycles. The van der Waals surface area contributed by atoms with E-state index in [0.717, 1.165) is 27.8 Å². The van der Waals surface area contributed by atoms with Crippen molar-refractivity contribution < 1.29 is 43.9 Å². The van der Waals surface area contributed by atoms with Crippen molar-refractivity contribution in [3.8, 4) is 0 Å². The number of aromatic amines is 1. The summed E-state index contributed by atoms with van der Waals surface area (Å²) in [6, 6.07) is 4.64. The standard InChI is InChI=1S/C22H26N4O11S/c1-34-15-14(30)20(26-5-4-12(28)25-22(26)33)36-16(15)17(18(23)31)37-21-13(29)10(27)7-11(35-21)19(32)24-8-9-3-2-6-38-9/h2-7,10,13-17,20-21,27,29-30H,8H2,1H3,(H2,23,31)(H,24,32)(H,25,28,33)/t10-,13-,14+,15-,16-,17+,20+,21+/m0/s1. The number of hydrogen-bond acceptors (Lipinski definition) is 12. The van der Waals surface area contributed by atoms with Gasteiger partial charge in [0.1, 0.15) is 30.5 Å². The van der Waals surface area contributed by atoms with E-state index in [1.54, 1.807) is 6.07 Å². The number of nitrogens with one attached hydrogen (secondary N) is 2. The fraction of sp³-hybridized carbons (Fsp3) is 0.455. The summed E-state index contributed by atoms with van der Waals surface area (Å²) in [6.45, 7) is 0.181. The summed E-state index contributed by atoms with van der Waals surface area (Å²) < 4.78 is 22.9. The molecule has 7 N–H and O–H groups in total. The molecule has 15 nitrogen and oxygen atoms in total. The molecule has 38 heavy (non-hydrogen) atoms. The van der Waals surface area contributed by atoms with Gasteiger partial charge in [-0.1, -0.05) is 6.07 Å². The lowest BCUT2D eigenvalue weighted by Gasteiger charge is -2.35. The molecule has 0 unspecified atom stereocenters. The van der Waals surface area contributed by atoms with E-state index in [1.165, 1.54) is 18.4 Å². The highest BCUT2D eigenvalue weighted by Gasteiger charge is 2.52. The SMILES string of the molecule is CO[C@H]1[C@@H](O)[C@H](n2ccc(=O)[nH]c2=O)O[C@@H]1[C@@H](O[C@H]1OC(C(=O)NCc2cccs2)=C[C@H](O)[C@@H]1O)C(N)=O. The highest BCUT2D eigenvalue weighted by molar-refractivity contribution is 7.09. The third-order valence-corrected chi connectivity index (χ3v) is 6.80. The maximum atomic E-state index is 12.6. The molecule has 1 fully saturated rings. The fourth-order valence-corrected chi connectivity index (χ4v) is 4.70. The zero-order valence-electron chi connectivity index (χ0n) is 19.8. The van der Waals surface area contributed by atoms with Gasteiger partial charge in [0.05, 0.1) is 6.54 Å². The molecular weight excluding hydrogens is 528 g/mol. The molecule has 0 radical (unpaired) electrons. The molecule has 2 aliphatic rings. The second kappa shape index (κ2) is 11.6. The summed E-state index contributed by atoms with van der Waals surface area (Å²) in [5.74, 6) is -2.21. The maximum absolute atomic E-state index is 12.6. The van der Waals surface area contributed by atoms with E-state index in [-0.39, 0.29) is 12.3 Å². The number of carbonyl (C=O) groups excluding carboxylic acids is 2. The van der Waals surface area contributed by atoms with Crippen LogP contribution in [0.25, 0.3) is 0 Å². The topological polar surface area (TPSA) is 225 Å². The van der Waals surface area contributed by atoms with Gasteiger partial charge in [0.2, 0.25) is 12.2 Å². The van der Waals surface area contributed by atoms with Gasteiger partial charge in [0.25, 0.3) is 11.5 Å². The number of hydrogen-bond donors (Lipinski definition) is 6. The number of thiophene rings is 1. The van der Waals surface area contributed by atoms with Crippen LogP contribution < -0.4 is 22.3 Å². The van der Waals surface area contributed by atoms with Gasteiger partial charge in [0, 0.05) is 24.3 Å². The number of nitrogens with two attached hydrogens (primary N) is 1. The van der Waals surface area contributed by atoms with Gasteiger partial charge < -0.3 is 45.3 Å². The van der Waals surface area contributed by atoms with E-state index < -0.39 is 72.2 Å². The first kappa shape index (κ1) is 27.6. The summed E-state index contributed by atoms with van der Waals surface area (Å²) in [4.78, 5) is 51.5. The van der Waals surface area contributed by atoms with Gasteiger partial charge >= 0.3 is 5.69 Å². The van der Waals surface area contributed by atoms with Crippen molar-refractivity contribution in [2.45, 2.75) is 55.7 Å². The lowest BCUT2D eigenvalue weighted by atomic mass is 10.0. The van der Waals surface area contributed by atoms with E-state index in [2.05, 4.69) is 5.32 Å². The number of aliphatic hydroxyl groups is 3. The van der Waals surface area contributed by atoms with Crippen molar-refractivity contribution in [3.63, 3.8) is 0 Å². The Hall–Kier alpha value is -3.38. The highest BCUT2D eigenvalue weighted by atomic mass is 32.1. The Morgan fingerprint density at radius 2 is 2.03 bits per heavy atom. The molecule has 4 rings (SSSR count). The van der Waals surface area contributed by atoms with Crippen LogP contribution in [0.4, 0.5) is 0 Å². The van der Waals surface area contributed by atoms with Gasteiger partial charge in [0.15, 0.2) is 18.1 Å². The second-order valence-electron chi connectivity index (χ2n) is 8.42. The minimum atomic E-state index is -1.76. The molecule has 8 atom stereocenters. The van der Waals surface area contributed by atoms with Crippen molar-refractivity contribution in [2.24, 2.45) is 5.73 Å². The van der Waals surface area contributed by atoms with Crippen LogP contribution in [0.15, 0.2) is 51.2 Å². The number of nitrogens with zero attached hydrogens (tertiary/aromatic N) is 1. The number of carbonyl (C=O) groups is 2. The van der Waals surface area contributed by atoms with Gasteiger partial charge in [-0.25, -0.2) is 4.79 Å². The predicted molar refractivity (Wildman–Crippen MR) is 127 cm³/mol. The molecule has 2 amide bonds. The first-order valence-corrected chi connectivity index (χ1v) is 12.2. The smallest absolute Gasteiger partial charge is 0.330 e. The Morgan fingerprint density at radius 3 is 2.66 bits per heavy atom. The van der Waals surface area contributed by atoms with Crippen molar-refractivity contribution in [1.29, 1.82) is 0 Å². The molecule has 2 aliphatic heterocycles. The Morgan fingerprint density at radius 1 is 1.26 bits per heavy atom. The van der Waals surface area contributed by atoms with Gasteiger partial charge in [-0.05, 0) is 17.5 Å². The summed E-state index contributed by atoms with van der Waals surface area (Å²) in [6.07, 6.45) is -10.4. The third-order valence-electron chi connectivity index (χ3n) is 5.93. The van der Waals surface area contributed by atoms with E-state index in [4.69, 9.17) is 24.7 Å². The van der Waals surface area contributed by atoms with E-state index in [1.807, 2.05) is 16.4 Å². The average Bonchev–Trinajstić information content (AvgIpc) is 3.50. The number of aromatic nitrogens is 2. The summed E-state index contributed by atoms with van der Waals surface area (Å²) in [7, 11) is 1.20. The first-order chi connectivity index (χ1) is 18.1. The molecule has 2 aromatic heterocycles. The molecule has 206 valence electrons. The van der Waals surface area contributed by atoms with Crippen LogP contribution in [0.5, 0.6) is 0 Å². The monoisotopic (exact) mass is 554 g/mol. The number of aliphatic hydroxyl groups excluding tert-OH is 3. The lowest BCUT2D eigenvalue weighted by Crippen LogP contribution is -2.54. The van der Waals surface area contributed by atoms with Crippen molar-refractivity contribution in [3.05, 3.63) is 67.3 Å². The van der Waals surface area contributed by atoms with Crippen LogP contribution in [0.2, 0.25) is 0 Å². The van der Waals surface area contributed by atoms with Crippen LogP contribution >= 0.6 is 11.3 Å². The number of amides is 2. The van der Waals surface area contributed by atoms with Gasteiger partial charge in [-0.15, -0.1) is 11.3 Å². The fourth-order valence-electron chi connectivity index (χ4n) is 4.06. The normalized spacial score (nSPS) is 29.8. The Labute approximate surface area is 218 Å². The molecule has 1 saturated heterocycles. The van der Waals surface area contributed by atoms with Crippen molar-refractivity contribution >= 4 is 23.2 Å². The molecular formula is C22H26N4O11S. The lowest BCUT2D eigenvalue weighted by molar-refractivity contribution is -0.241. The number of rotatable bonds is 9. The van der Waals surface area contributed by atoms with Crippen LogP contribution in [0.3, 0.4) is 0 Å². The minimum absolute atomic E-state index is 0.181. The Kier molecular flexibility index (Phi) is 8.41. The molecule has 0 spiro atoms. The molecule has 4 heterocycles. The Bertz CT molecular complexity index is 1290. The average molecular weight is 555 g/mol. The summed E-state index contributed by atoms with van der Waals surface area (Å²) in [5, 5.41) is 35.9. The quantitative estimate of drug-likeness (QED) is 0.183. The third kappa shape index (κ3) is 5.70. The van der Waals surface area contributed by atoms with Gasteiger partial charge in [-0.2, -0.15) is 0 Å². The van der Waals surface area contributed by atoms with Crippen LogP contribution in [0.1, 0.15) is 11.1 Å². The number of ether oxygens (including phenoxy) is 4. The minimum Gasteiger partial charge on any atom is -0.456 e. The first-order valence-electron chi connectivity index (χ1n) is 11.3. The van der Waals surface area contributed by atoms with E-state index >= 15 is 0 Å². The van der Waals surface area contributed by atoms with Crippen LogP contribution in [0, 0.1) is 0 Å². The number of primary amides is 1.